The van der Waals surface area contributed by atoms with Crippen LogP contribution in [0.2, 0.25) is 0 Å². The molecule has 1 amide bonds. The Balaban J connectivity index is 1.50. The number of anilines is 1. The number of thioether (sulfide) groups is 1. The van der Waals surface area contributed by atoms with E-state index in [1.165, 1.54) is 4.88 Å². The lowest BCUT2D eigenvalue weighted by Gasteiger charge is -2.17. The van der Waals surface area contributed by atoms with Crippen LogP contribution in [0.1, 0.15) is 23.8 Å². The van der Waals surface area contributed by atoms with Crippen LogP contribution in [0.4, 0.5) is 5.69 Å². The van der Waals surface area contributed by atoms with Gasteiger partial charge in [0.05, 0.1) is 11.1 Å². The molecule has 1 atom stereocenters. The molecule has 3 aromatic heterocycles. The third-order valence-corrected chi connectivity index (χ3v) is 6.60. The molecule has 1 aliphatic carbocycles. The summed E-state index contributed by atoms with van der Waals surface area (Å²) in [7, 11) is 0. The lowest BCUT2D eigenvalue weighted by Crippen LogP contribution is -2.27. The minimum Gasteiger partial charge on any atom is -0.320 e. The highest BCUT2D eigenvalue weighted by Gasteiger charge is 2.23. The van der Waals surface area contributed by atoms with Crippen molar-refractivity contribution in [2.45, 2.75) is 31.3 Å². The molecule has 11 heteroatoms. The van der Waals surface area contributed by atoms with Gasteiger partial charge in [0.15, 0.2) is 5.16 Å². The quantitative estimate of drug-likeness (QED) is 0.370. The molecule has 146 valence electrons. The fourth-order valence-electron chi connectivity index (χ4n) is 3.22. The van der Waals surface area contributed by atoms with E-state index >= 15 is 0 Å². The van der Waals surface area contributed by atoms with Gasteiger partial charge in [-0.25, -0.2) is 9.78 Å². The van der Waals surface area contributed by atoms with Gasteiger partial charge in [0.2, 0.25) is 5.91 Å². The molecule has 4 N–H and O–H groups in total. The van der Waals surface area contributed by atoms with Crippen molar-refractivity contribution in [1.29, 1.82) is 0 Å². The topological polar surface area (TPSA) is 141 Å². The Morgan fingerprint density at radius 2 is 2.14 bits per heavy atom. The standard InChI is InChI=1S/C17H17N5O4S2/c1-7-2-3-8-10(4-7)28-15-12(8)14(25)21-17(22-15)27-6-11(23)19-9-5-18-16(26)20-13(9)24/h5,7H,2-4,6H2,1H3,(H,19,23)(H,21,22,25)(H2,18,20,24,26)/t7-/m1/s1. The minimum atomic E-state index is -0.687. The summed E-state index contributed by atoms with van der Waals surface area (Å²) >= 11 is 2.62. The molecule has 9 nitrogen and oxygen atoms in total. The second kappa shape index (κ2) is 7.40. The summed E-state index contributed by atoms with van der Waals surface area (Å²) in [5, 5.41) is 3.44. The SMILES string of the molecule is C[C@@H]1CCc2c(sc3nc(SCC(=O)Nc4c[nH]c(=O)[nH]c4=O)[nH]c(=O)c23)C1. The van der Waals surface area contributed by atoms with Crippen LogP contribution in [0, 0.1) is 5.92 Å². The number of fused-ring (bicyclic) bond motifs is 3. The predicted octanol–water partition coefficient (Wildman–Crippen LogP) is 1.22. The Kier molecular flexibility index (Phi) is 4.94. The molecular formula is C17H17N5O4S2. The first-order valence-corrected chi connectivity index (χ1v) is 10.5. The van der Waals surface area contributed by atoms with E-state index in [0.29, 0.717) is 21.3 Å². The largest absolute Gasteiger partial charge is 0.325 e. The first-order valence-electron chi connectivity index (χ1n) is 8.70. The maximum atomic E-state index is 12.5. The van der Waals surface area contributed by atoms with E-state index in [0.717, 1.165) is 42.8 Å². The molecular weight excluding hydrogens is 402 g/mol. The fraction of sp³-hybridized carbons (Fsp3) is 0.353. The van der Waals surface area contributed by atoms with E-state index in [1.807, 2.05) is 4.98 Å². The number of hydrogen-bond donors (Lipinski definition) is 4. The number of amides is 1. The zero-order valence-electron chi connectivity index (χ0n) is 14.9. The van der Waals surface area contributed by atoms with Crippen molar-refractivity contribution < 1.29 is 4.79 Å². The van der Waals surface area contributed by atoms with Crippen LogP contribution in [-0.4, -0.2) is 31.6 Å². The number of carbonyl (C=O) groups is 1. The van der Waals surface area contributed by atoms with E-state index in [2.05, 4.69) is 27.2 Å². The summed E-state index contributed by atoms with van der Waals surface area (Å²) in [5.74, 6) is 0.104. The molecule has 3 aromatic rings. The number of aromatic amines is 3. The fourth-order valence-corrected chi connectivity index (χ4v) is 5.32. The van der Waals surface area contributed by atoms with E-state index in [9.17, 15) is 19.2 Å². The van der Waals surface area contributed by atoms with E-state index < -0.39 is 17.2 Å². The van der Waals surface area contributed by atoms with Gasteiger partial charge in [0.25, 0.3) is 11.1 Å². The van der Waals surface area contributed by atoms with Crippen LogP contribution >= 0.6 is 23.1 Å². The van der Waals surface area contributed by atoms with Gasteiger partial charge in [-0.3, -0.25) is 19.4 Å². The molecule has 1 aliphatic rings. The molecule has 0 spiro atoms. The number of aromatic nitrogens is 4. The highest BCUT2D eigenvalue weighted by Crippen LogP contribution is 2.36. The number of thiophene rings is 1. The molecule has 0 fully saturated rings. The number of H-pyrrole nitrogens is 3. The molecule has 28 heavy (non-hydrogen) atoms. The van der Waals surface area contributed by atoms with Crippen LogP contribution in [0.25, 0.3) is 10.2 Å². The van der Waals surface area contributed by atoms with Gasteiger partial charge in [-0.15, -0.1) is 11.3 Å². The lowest BCUT2D eigenvalue weighted by molar-refractivity contribution is -0.113. The van der Waals surface area contributed by atoms with Crippen molar-refractivity contribution >= 4 is 44.9 Å². The molecule has 0 saturated heterocycles. The van der Waals surface area contributed by atoms with Gasteiger partial charge in [-0.2, -0.15) is 0 Å². The number of aryl methyl sites for hydroxylation is 1. The number of rotatable bonds is 4. The van der Waals surface area contributed by atoms with Gasteiger partial charge >= 0.3 is 5.69 Å². The van der Waals surface area contributed by atoms with Crippen molar-refractivity contribution in [1.82, 2.24) is 19.9 Å². The van der Waals surface area contributed by atoms with Crippen molar-refractivity contribution in [3.63, 3.8) is 0 Å². The van der Waals surface area contributed by atoms with Crippen LogP contribution in [0.5, 0.6) is 0 Å². The number of carbonyl (C=O) groups excluding carboxylic acids is 1. The van der Waals surface area contributed by atoms with E-state index in [-0.39, 0.29) is 17.0 Å². The number of hydrogen-bond acceptors (Lipinski definition) is 7. The van der Waals surface area contributed by atoms with Gasteiger partial charge in [0.1, 0.15) is 10.5 Å². The highest BCUT2D eigenvalue weighted by atomic mass is 32.2. The van der Waals surface area contributed by atoms with Crippen LogP contribution < -0.4 is 22.1 Å². The molecule has 0 bridgehead atoms. The minimum absolute atomic E-state index is 0.0465. The van der Waals surface area contributed by atoms with Crippen molar-refractivity contribution in [2.24, 2.45) is 5.92 Å². The van der Waals surface area contributed by atoms with Crippen LogP contribution in [0.3, 0.4) is 0 Å². The molecule has 0 radical (unpaired) electrons. The monoisotopic (exact) mass is 419 g/mol. The zero-order chi connectivity index (χ0) is 19.8. The smallest absolute Gasteiger partial charge is 0.320 e. The third kappa shape index (κ3) is 3.67. The van der Waals surface area contributed by atoms with Crippen molar-refractivity contribution in [3.8, 4) is 0 Å². The summed E-state index contributed by atoms with van der Waals surface area (Å²) in [6.07, 6.45) is 4.06. The summed E-state index contributed by atoms with van der Waals surface area (Å²) in [4.78, 5) is 60.7. The molecule has 0 saturated carbocycles. The van der Waals surface area contributed by atoms with Crippen molar-refractivity contribution in [2.75, 3.05) is 11.1 Å². The van der Waals surface area contributed by atoms with Crippen LogP contribution in [-0.2, 0) is 17.6 Å². The van der Waals surface area contributed by atoms with E-state index in [4.69, 9.17) is 0 Å². The Bertz CT molecular complexity index is 1240. The normalized spacial score (nSPS) is 16.1. The zero-order valence-corrected chi connectivity index (χ0v) is 16.5. The van der Waals surface area contributed by atoms with E-state index in [1.54, 1.807) is 11.3 Å². The Morgan fingerprint density at radius 3 is 2.93 bits per heavy atom. The maximum absolute atomic E-state index is 12.5. The number of nitrogens with zero attached hydrogens (tertiary/aromatic N) is 1. The summed E-state index contributed by atoms with van der Waals surface area (Å²) < 4.78 is 0. The number of nitrogens with one attached hydrogen (secondary N) is 4. The molecule has 0 aromatic carbocycles. The Morgan fingerprint density at radius 1 is 1.32 bits per heavy atom. The first-order chi connectivity index (χ1) is 13.4. The highest BCUT2D eigenvalue weighted by molar-refractivity contribution is 7.99. The first kappa shape index (κ1) is 18.7. The van der Waals surface area contributed by atoms with Gasteiger partial charge in [0, 0.05) is 11.1 Å². The molecule has 0 unspecified atom stereocenters. The Hall–Kier alpha value is -2.66. The average molecular weight is 419 g/mol. The predicted molar refractivity (Wildman–Crippen MR) is 108 cm³/mol. The summed E-state index contributed by atoms with van der Waals surface area (Å²) in [6.45, 7) is 2.21. The lowest BCUT2D eigenvalue weighted by atomic mass is 9.89. The van der Waals surface area contributed by atoms with Gasteiger partial charge in [-0.05, 0) is 30.7 Å². The van der Waals surface area contributed by atoms with Gasteiger partial charge in [-0.1, -0.05) is 18.7 Å². The molecule has 4 rings (SSSR count). The summed E-state index contributed by atoms with van der Waals surface area (Å²) in [5.41, 5.74) is -0.466. The Labute approximate surface area is 166 Å². The summed E-state index contributed by atoms with van der Waals surface area (Å²) in [6, 6.07) is 0. The molecule has 0 aliphatic heterocycles. The van der Waals surface area contributed by atoms with Crippen molar-refractivity contribution in [3.05, 3.63) is 47.8 Å². The third-order valence-electron chi connectivity index (χ3n) is 4.58. The second-order valence-electron chi connectivity index (χ2n) is 6.73. The maximum Gasteiger partial charge on any atom is 0.325 e. The second-order valence-corrected chi connectivity index (χ2v) is 8.77. The van der Waals surface area contributed by atoms with Crippen LogP contribution in [0.15, 0.2) is 25.7 Å². The average Bonchev–Trinajstić information content (AvgIpc) is 3.00. The van der Waals surface area contributed by atoms with Gasteiger partial charge < -0.3 is 15.3 Å². The molecule has 3 heterocycles.